The van der Waals surface area contributed by atoms with Crippen LogP contribution in [0, 0.1) is 5.92 Å². The van der Waals surface area contributed by atoms with Crippen LogP contribution < -0.4 is 5.73 Å². The van der Waals surface area contributed by atoms with Crippen molar-refractivity contribution in [3.05, 3.63) is 42.4 Å². The lowest BCUT2D eigenvalue weighted by atomic mass is 9.84. The Kier molecular flexibility index (Phi) is 4.34. The molecule has 2 heterocycles. The zero-order valence-corrected chi connectivity index (χ0v) is 12.5. The molecule has 0 aromatic carbocycles. The summed E-state index contributed by atoms with van der Waals surface area (Å²) in [5.74, 6) is 0.721. The molecule has 2 aliphatic rings. The van der Waals surface area contributed by atoms with Crippen molar-refractivity contribution in [3.63, 3.8) is 0 Å². The van der Waals surface area contributed by atoms with E-state index >= 15 is 0 Å². The van der Waals surface area contributed by atoms with Gasteiger partial charge in [0.2, 0.25) is 0 Å². The van der Waals surface area contributed by atoms with E-state index in [2.05, 4.69) is 27.8 Å². The fourth-order valence-electron chi connectivity index (χ4n) is 3.49. The predicted molar refractivity (Wildman–Crippen MR) is 85.3 cm³/mol. The van der Waals surface area contributed by atoms with E-state index in [0.29, 0.717) is 6.04 Å². The highest BCUT2D eigenvalue weighted by molar-refractivity contribution is 5.67. The Labute approximate surface area is 126 Å². The number of hydrogen-bond donors (Lipinski definition) is 1. The summed E-state index contributed by atoms with van der Waals surface area (Å²) in [5.41, 5.74) is 9.57. The van der Waals surface area contributed by atoms with Crippen molar-refractivity contribution >= 4 is 5.57 Å². The molecule has 112 valence electrons. The summed E-state index contributed by atoms with van der Waals surface area (Å²) in [6, 6.07) is 2.66. The van der Waals surface area contributed by atoms with E-state index in [0.717, 1.165) is 25.4 Å². The maximum atomic E-state index is 5.80. The monoisotopic (exact) mass is 284 g/mol. The number of rotatable bonds is 3. The molecule has 0 saturated heterocycles. The van der Waals surface area contributed by atoms with Crippen molar-refractivity contribution in [2.75, 3.05) is 13.1 Å². The Morgan fingerprint density at radius 3 is 2.71 bits per heavy atom. The van der Waals surface area contributed by atoms with Gasteiger partial charge in [-0.05, 0) is 49.8 Å². The first kappa shape index (κ1) is 14.3. The molecule has 0 spiro atoms. The maximum absolute atomic E-state index is 5.80. The molecule has 1 aliphatic heterocycles. The minimum Gasteiger partial charge on any atom is -0.368 e. The average Bonchev–Trinajstić information content (AvgIpc) is 2.56. The van der Waals surface area contributed by atoms with Gasteiger partial charge in [0.15, 0.2) is 0 Å². The molecule has 4 nitrogen and oxygen atoms in total. The van der Waals surface area contributed by atoms with Crippen LogP contribution in [0.2, 0.25) is 0 Å². The highest BCUT2D eigenvalue weighted by Crippen LogP contribution is 2.33. The van der Waals surface area contributed by atoms with Crippen LogP contribution in [0.3, 0.4) is 0 Å². The molecule has 1 aromatic heterocycles. The van der Waals surface area contributed by atoms with Gasteiger partial charge in [-0.15, -0.1) is 0 Å². The summed E-state index contributed by atoms with van der Waals surface area (Å²) >= 11 is 0. The Balaban J connectivity index is 1.70. The maximum Gasteiger partial charge on any atom is 0.0571 e. The summed E-state index contributed by atoms with van der Waals surface area (Å²) in [4.78, 5) is 2.50. The molecule has 0 amide bonds. The number of hydrogen-bond acceptors (Lipinski definition) is 4. The van der Waals surface area contributed by atoms with Crippen LogP contribution in [0.25, 0.3) is 5.57 Å². The van der Waals surface area contributed by atoms with Gasteiger partial charge in [-0.2, -0.15) is 10.2 Å². The summed E-state index contributed by atoms with van der Waals surface area (Å²) < 4.78 is 0. The van der Waals surface area contributed by atoms with E-state index in [-0.39, 0.29) is 0 Å². The van der Waals surface area contributed by atoms with Crippen molar-refractivity contribution < 1.29 is 0 Å². The quantitative estimate of drug-likeness (QED) is 0.927. The van der Waals surface area contributed by atoms with E-state index in [9.17, 15) is 0 Å². The second kappa shape index (κ2) is 6.39. The van der Waals surface area contributed by atoms with E-state index < -0.39 is 0 Å². The van der Waals surface area contributed by atoms with Crippen LogP contribution >= 0.6 is 0 Å². The lowest BCUT2D eigenvalue weighted by Gasteiger charge is -2.41. The van der Waals surface area contributed by atoms with E-state index in [4.69, 9.17) is 5.73 Å². The van der Waals surface area contributed by atoms with Crippen molar-refractivity contribution in [3.8, 4) is 0 Å². The van der Waals surface area contributed by atoms with Gasteiger partial charge in [0, 0.05) is 30.3 Å². The third-order valence-electron chi connectivity index (χ3n) is 4.88. The third kappa shape index (κ3) is 3.16. The van der Waals surface area contributed by atoms with Gasteiger partial charge in [-0.1, -0.05) is 12.7 Å². The standard InChI is InChI=1S/C17H24N4/c1-13-2-5-16(15-8-9-19-20-11-15)12-21(13)17-6-3-14(10-18)4-7-17/h5,8-9,11,14,17H,1-4,6-7,10,12,18H2. The molecule has 0 unspecified atom stereocenters. The minimum absolute atomic E-state index is 0.624. The van der Waals surface area contributed by atoms with Gasteiger partial charge < -0.3 is 10.6 Å². The normalized spacial score (nSPS) is 26.6. The highest BCUT2D eigenvalue weighted by Gasteiger charge is 2.28. The fourth-order valence-corrected chi connectivity index (χ4v) is 3.49. The summed E-state index contributed by atoms with van der Waals surface area (Å²) in [7, 11) is 0. The topological polar surface area (TPSA) is 55.0 Å². The lowest BCUT2D eigenvalue weighted by molar-refractivity contribution is 0.185. The van der Waals surface area contributed by atoms with Gasteiger partial charge in [-0.3, -0.25) is 0 Å². The Morgan fingerprint density at radius 1 is 1.24 bits per heavy atom. The van der Waals surface area contributed by atoms with Gasteiger partial charge >= 0.3 is 0 Å². The summed E-state index contributed by atoms with van der Waals surface area (Å²) in [6.45, 7) is 6.05. The van der Waals surface area contributed by atoms with Crippen molar-refractivity contribution in [2.45, 2.75) is 38.1 Å². The van der Waals surface area contributed by atoms with Crippen molar-refractivity contribution in [1.29, 1.82) is 0 Å². The van der Waals surface area contributed by atoms with E-state index in [1.54, 1.807) is 6.20 Å². The van der Waals surface area contributed by atoms with Crippen LogP contribution in [0.1, 0.15) is 37.7 Å². The van der Waals surface area contributed by atoms with Gasteiger partial charge in [0.25, 0.3) is 0 Å². The zero-order valence-electron chi connectivity index (χ0n) is 12.5. The highest BCUT2D eigenvalue weighted by atomic mass is 15.2. The largest absolute Gasteiger partial charge is 0.368 e. The summed E-state index contributed by atoms with van der Waals surface area (Å²) in [5, 5.41) is 7.85. The van der Waals surface area contributed by atoms with Crippen LogP contribution in [-0.2, 0) is 0 Å². The fraction of sp³-hybridized carbons (Fsp3) is 0.529. The molecular formula is C17H24N4. The van der Waals surface area contributed by atoms with Crippen LogP contribution in [-0.4, -0.2) is 34.2 Å². The van der Waals surface area contributed by atoms with E-state index in [1.807, 2.05) is 12.3 Å². The first-order valence-electron chi connectivity index (χ1n) is 7.88. The Morgan fingerprint density at radius 2 is 2.05 bits per heavy atom. The average molecular weight is 284 g/mol. The molecule has 1 aliphatic carbocycles. The predicted octanol–water partition coefficient (Wildman–Crippen LogP) is 2.60. The minimum atomic E-state index is 0.624. The van der Waals surface area contributed by atoms with Gasteiger partial charge in [-0.25, -0.2) is 0 Å². The zero-order chi connectivity index (χ0) is 14.7. The molecular weight excluding hydrogens is 260 g/mol. The number of allylic oxidation sites excluding steroid dienone is 1. The SMILES string of the molecule is C=C1CC=C(c2ccnnc2)CN1C1CCC(CN)CC1. The molecule has 4 heteroatoms. The second-order valence-electron chi connectivity index (χ2n) is 6.17. The van der Waals surface area contributed by atoms with Crippen LogP contribution in [0.4, 0.5) is 0 Å². The van der Waals surface area contributed by atoms with Crippen LogP contribution in [0.15, 0.2) is 36.8 Å². The van der Waals surface area contributed by atoms with Gasteiger partial charge in [0.05, 0.1) is 12.4 Å². The number of nitrogens with two attached hydrogens (primary N) is 1. The molecule has 2 N–H and O–H groups in total. The summed E-state index contributed by atoms with van der Waals surface area (Å²) in [6.07, 6.45) is 11.8. The second-order valence-corrected chi connectivity index (χ2v) is 6.17. The first-order chi connectivity index (χ1) is 10.3. The Bertz CT molecular complexity index is 515. The van der Waals surface area contributed by atoms with Crippen molar-refractivity contribution in [1.82, 2.24) is 15.1 Å². The molecule has 3 rings (SSSR count). The van der Waals surface area contributed by atoms with E-state index in [1.165, 1.54) is 42.5 Å². The first-order valence-corrected chi connectivity index (χ1v) is 7.88. The van der Waals surface area contributed by atoms with Gasteiger partial charge in [0.1, 0.15) is 0 Å². The van der Waals surface area contributed by atoms with Crippen molar-refractivity contribution in [2.24, 2.45) is 11.7 Å². The smallest absolute Gasteiger partial charge is 0.0571 e. The molecule has 0 bridgehead atoms. The molecule has 1 saturated carbocycles. The molecule has 1 aromatic rings. The molecule has 0 radical (unpaired) electrons. The number of aromatic nitrogens is 2. The Hall–Kier alpha value is -1.68. The number of nitrogens with zero attached hydrogens (tertiary/aromatic N) is 3. The lowest BCUT2D eigenvalue weighted by Crippen LogP contribution is -2.40. The molecule has 21 heavy (non-hydrogen) atoms. The molecule has 0 atom stereocenters. The van der Waals surface area contributed by atoms with Crippen LogP contribution in [0.5, 0.6) is 0 Å². The molecule has 1 fully saturated rings. The third-order valence-corrected chi connectivity index (χ3v) is 4.88.